The number of likely N-dealkylation sites (tertiary alicyclic amines) is 1. The summed E-state index contributed by atoms with van der Waals surface area (Å²) in [5, 5.41) is 0. The number of carbonyl (C=O) groups excluding carboxylic acids is 1. The summed E-state index contributed by atoms with van der Waals surface area (Å²) in [7, 11) is 3.14. The molecule has 0 spiro atoms. The maximum Gasteiger partial charge on any atom is 0.328 e. The van der Waals surface area contributed by atoms with Gasteiger partial charge in [0.2, 0.25) is 5.91 Å². The van der Waals surface area contributed by atoms with Crippen LogP contribution in [-0.4, -0.2) is 46.7 Å². The summed E-state index contributed by atoms with van der Waals surface area (Å²) in [6, 6.07) is 0. The summed E-state index contributed by atoms with van der Waals surface area (Å²) in [5.41, 5.74) is -0.555. The molecule has 2 heterocycles. The van der Waals surface area contributed by atoms with Crippen LogP contribution < -0.4 is 11.2 Å². The summed E-state index contributed by atoms with van der Waals surface area (Å²) < 4.78 is 6.53. The smallest absolute Gasteiger partial charge is 0.328 e. The molecule has 2 aliphatic rings. The van der Waals surface area contributed by atoms with Crippen molar-refractivity contribution in [2.24, 2.45) is 18.9 Å². The van der Waals surface area contributed by atoms with Gasteiger partial charge in [0.05, 0.1) is 12.5 Å². The molecule has 2 fully saturated rings. The third-order valence-corrected chi connectivity index (χ3v) is 4.97. The van der Waals surface area contributed by atoms with Gasteiger partial charge >= 0.3 is 5.69 Å². The first-order valence-electron chi connectivity index (χ1n) is 7.59. The summed E-state index contributed by atoms with van der Waals surface area (Å²) in [4.78, 5) is 40.1. The highest BCUT2D eigenvalue weighted by Crippen LogP contribution is 2.38. The lowest BCUT2D eigenvalue weighted by Gasteiger charge is -2.37. The van der Waals surface area contributed by atoms with Gasteiger partial charge < -0.3 is 14.6 Å². The average Bonchev–Trinajstić information content (AvgIpc) is 2.75. The first kappa shape index (κ1) is 15.0. The summed E-state index contributed by atoms with van der Waals surface area (Å²) >= 11 is 0. The van der Waals surface area contributed by atoms with Crippen molar-refractivity contribution in [2.45, 2.75) is 25.4 Å². The molecule has 1 saturated heterocycles. The number of aromatic amines is 1. The van der Waals surface area contributed by atoms with Crippen LogP contribution in [0.25, 0.3) is 0 Å². The summed E-state index contributed by atoms with van der Waals surface area (Å²) in [6.45, 7) is 1.38. The van der Waals surface area contributed by atoms with E-state index >= 15 is 0 Å². The summed E-state index contributed by atoms with van der Waals surface area (Å²) in [6.07, 6.45) is 3.81. The lowest BCUT2D eigenvalue weighted by molar-refractivity contribution is -0.135. The largest absolute Gasteiger partial charge is 0.381 e. The number of carbonyl (C=O) groups is 1. The van der Waals surface area contributed by atoms with Crippen LogP contribution in [0.2, 0.25) is 0 Å². The Kier molecular flexibility index (Phi) is 3.90. The molecule has 1 aliphatic carbocycles. The molecule has 3 rings (SSSR count). The van der Waals surface area contributed by atoms with Crippen molar-refractivity contribution in [3.05, 3.63) is 32.6 Å². The second kappa shape index (κ2) is 5.72. The van der Waals surface area contributed by atoms with Gasteiger partial charge in [-0.3, -0.25) is 14.2 Å². The zero-order valence-corrected chi connectivity index (χ0v) is 12.9. The Morgan fingerprint density at radius 1 is 1.32 bits per heavy atom. The minimum absolute atomic E-state index is 0.0283. The molecule has 0 radical (unpaired) electrons. The molecule has 1 unspecified atom stereocenters. The Morgan fingerprint density at radius 2 is 1.95 bits per heavy atom. The molecule has 120 valence electrons. The van der Waals surface area contributed by atoms with Gasteiger partial charge in [0.1, 0.15) is 0 Å². The normalized spacial score (nSPS) is 27.2. The van der Waals surface area contributed by atoms with Crippen LogP contribution in [0.4, 0.5) is 0 Å². The maximum absolute atomic E-state index is 12.5. The van der Waals surface area contributed by atoms with Crippen LogP contribution in [0.15, 0.2) is 15.8 Å². The Bertz CT molecular complexity index is 679. The fraction of sp³-hybridized carbons (Fsp3) is 0.667. The van der Waals surface area contributed by atoms with Gasteiger partial charge in [-0.2, -0.15) is 0 Å². The molecule has 1 saturated carbocycles. The molecule has 1 N–H and O–H groups in total. The van der Waals surface area contributed by atoms with Crippen LogP contribution in [0, 0.1) is 11.8 Å². The highest BCUT2D eigenvalue weighted by atomic mass is 16.5. The van der Waals surface area contributed by atoms with Gasteiger partial charge in [0, 0.05) is 50.8 Å². The third kappa shape index (κ3) is 2.49. The van der Waals surface area contributed by atoms with Gasteiger partial charge in [0.25, 0.3) is 5.56 Å². The van der Waals surface area contributed by atoms with E-state index in [0.29, 0.717) is 30.5 Å². The molecule has 1 aliphatic heterocycles. The number of aromatic nitrogens is 2. The van der Waals surface area contributed by atoms with E-state index in [2.05, 4.69) is 4.98 Å². The minimum atomic E-state index is -0.472. The number of hydrogen-bond donors (Lipinski definition) is 1. The average molecular weight is 307 g/mol. The Hall–Kier alpha value is -1.89. The zero-order chi connectivity index (χ0) is 15.9. The van der Waals surface area contributed by atoms with Crippen LogP contribution in [0.1, 0.15) is 18.4 Å². The van der Waals surface area contributed by atoms with Gasteiger partial charge in [-0.1, -0.05) is 0 Å². The lowest BCUT2D eigenvalue weighted by Crippen LogP contribution is -2.49. The van der Waals surface area contributed by atoms with Crippen LogP contribution in [0.5, 0.6) is 0 Å². The molecule has 7 heteroatoms. The highest BCUT2D eigenvalue weighted by Gasteiger charge is 2.43. The second-order valence-corrected chi connectivity index (χ2v) is 6.26. The third-order valence-electron chi connectivity index (χ3n) is 4.97. The van der Waals surface area contributed by atoms with Crippen molar-refractivity contribution in [1.29, 1.82) is 0 Å². The number of nitrogens with one attached hydrogen (secondary N) is 1. The van der Waals surface area contributed by atoms with E-state index in [1.54, 1.807) is 7.11 Å². The van der Waals surface area contributed by atoms with E-state index < -0.39 is 11.2 Å². The van der Waals surface area contributed by atoms with Crippen molar-refractivity contribution < 1.29 is 9.53 Å². The fourth-order valence-electron chi connectivity index (χ4n) is 3.78. The van der Waals surface area contributed by atoms with Crippen LogP contribution >= 0.6 is 0 Å². The molecule has 7 nitrogen and oxygen atoms in total. The lowest BCUT2D eigenvalue weighted by atomic mass is 9.94. The number of hydrogen-bond acceptors (Lipinski definition) is 4. The van der Waals surface area contributed by atoms with E-state index in [-0.39, 0.29) is 18.4 Å². The van der Waals surface area contributed by atoms with Crippen LogP contribution in [-0.2, 0) is 23.0 Å². The van der Waals surface area contributed by atoms with Gasteiger partial charge in [-0.25, -0.2) is 4.79 Å². The summed E-state index contributed by atoms with van der Waals surface area (Å²) in [5.74, 6) is 0.729. The molecule has 0 aromatic carbocycles. The van der Waals surface area contributed by atoms with E-state index in [1.807, 2.05) is 4.90 Å². The molecular weight excluding hydrogens is 286 g/mol. The predicted octanol–water partition coefficient (Wildman–Crippen LogP) is -0.500. The number of fused-ring (bicyclic) bond motifs is 2. The molecule has 22 heavy (non-hydrogen) atoms. The number of amides is 1. The first-order valence-corrected chi connectivity index (χ1v) is 7.59. The predicted molar refractivity (Wildman–Crippen MR) is 79.6 cm³/mol. The van der Waals surface area contributed by atoms with Crippen molar-refractivity contribution in [3.8, 4) is 0 Å². The Balaban J connectivity index is 1.73. The van der Waals surface area contributed by atoms with Gasteiger partial charge in [-0.05, 0) is 12.8 Å². The van der Waals surface area contributed by atoms with Crippen molar-refractivity contribution in [1.82, 2.24) is 14.5 Å². The molecule has 1 aromatic heterocycles. The zero-order valence-electron chi connectivity index (χ0n) is 12.9. The number of nitrogens with zero attached hydrogens (tertiary/aromatic N) is 2. The number of rotatable bonds is 3. The quantitative estimate of drug-likeness (QED) is 0.816. The van der Waals surface area contributed by atoms with Crippen molar-refractivity contribution in [3.63, 3.8) is 0 Å². The van der Waals surface area contributed by atoms with E-state index in [1.165, 1.54) is 13.2 Å². The van der Waals surface area contributed by atoms with E-state index in [0.717, 1.165) is 17.4 Å². The first-order chi connectivity index (χ1) is 10.5. The van der Waals surface area contributed by atoms with Crippen molar-refractivity contribution in [2.75, 3.05) is 20.2 Å². The van der Waals surface area contributed by atoms with Crippen LogP contribution in [0.3, 0.4) is 0 Å². The molecule has 3 atom stereocenters. The number of piperidine rings is 1. The molecule has 1 amide bonds. The second-order valence-electron chi connectivity index (χ2n) is 6.26. The van der Waals surface area contributed by atoms with Gasteiger partial charge in [0.15, 0.2) is 0 Å². The molecule has 1 aromatic rings. The van der Waals surface area contributed by atoms with E-state index in [9.17, 15) is 14.4 Å². The topological polar surface area (TPSA) is 84.4 Å². The number of ether oxygens (including phenoxy) is 1. The van der Waals surface area contributed by atoms with Gasteiger partial charge in [-0.15, -0.1) is 0 Å². The monoisotopic (exact) mass is 307 g/mol. The molecular formula is C15H21N3O4. The highest BCUT2D eigenvalue weighted by molar-refractivity contribution is 5.78. The number of methoxy groups -OCH3 is 1. The van der Waals surface area contributed by atoms with Crippen molar-refractivity contribution >= 4 is 5.91 Å². The Morgan fingerprint density at radius 3 is 2.55 bits per heavy atom. The fourth-order valence-corrected chi connectivity index (χ4v) is 3.78. The standard InChI is InChI=1S/C15H21N3O4/c1-17-14(20)11(6-16-15(17)21)5-12(19)18-7-9-3-4-10(8-18)13(9)22-2/h6,9-10,13H,3-5,7-8H2,1-2H3,(H,16,21)/t9-,10+,13?. The number of H-pyrrole nitrogens is 1. The minimum Gasteiger partial charge on any atom is -0.381 e. The Labute approximate surface area is 127 Å². The molecule has 2 bridgehead atoms. The SMILES string of the molecule is COC1[C@@H]2CC[C@H]1CN(C(=O)Cc1c[nH]c(=O)n(C)c1=O)C2. The van der Waals surface area contributed by atoms with E-state index in [4.69, 9.17) is 4.74 Å². The maximum atomic E-state index is 12.5.